The minimum Gasteiger partial charge on any atom is -0.475 e. The highest BCUT2D eigenvalue weighted by molar-refractivity contribution is 5.43. The summed E-state index contributed by atoms with van der Waals surface area (Å²) in [5.74, 6) is 1.24. The minimum atomic E-state index is 0.479. The molecule has 0 bridgehead atoms. The van der Waals surface area contributed by atoms with E-state index in [4.69, 9.17) is 9.47 Å². The third-order valence-electron chi connectivity index (χ3n) is 2.87. The summed E-state index contributed by atoms with van der Waals surface area (Å²) in [6, 6.07) is 4.36. The average molecular weight is 252 g/mol. The predicted molar refractivity (Wildman–Crippen MR) is 74.1 cm³/mol. The molecule has 1 rings (SSSR count). The van der Waals surface area contributed by atoms with Gasteiger partial charge in [-0.1, -0.05) is 20.8 Å². The molecule has 0 fully saturated rings. The Kier molecular flexibility index (Phi) is 6.50. The first-order chi connectivity index (χ1) is 8.67. The number of aromatic nitrogens is 1. The van der Waals surface area contributed by atoms with E-state index >= 15 is 0 Å². The number of nitrogens with zero attached hydrogens (tertiary/aromatic N) is 1. The van der Waals surface area contributed by atoms with Crippen LogP contribution in [-0.4, -0.2) is 31.3 Å². The lowest BCUT2D eigenvalue weighted by Crippen LogP contribution is -2.24. The molecule has 1 N–H and O–H groups in total. The molecule has 1 aromatic heterocycles. The molecule has 0 saturated heterocycles. The quantitative estimate of drug-likeness (QED) is 0.722. The summed E-state index contributed by atoms with van der Waals surface area (Å²) >= 11 is 0. The van der Waals surface area contributed by atoms with Crippen molar-refractivity contribution in [2.75, 3.05) is 25.6 Å². The third-order valence-corrected chi connectivity index (χ3v) is 2.87. The fourth-order valence-corrected chi connectivity index (χ4v) is 1.73. The van der Waals surface area contributed by atoms with Crippen molar-refractivity contribution in [1.82, 2.24) is 4.98 Å². The third kappa shape index (κ3) is 4.92. The second-order valence-electron chi connectivity index (χ2n) is 4.63. The number of anilines is 1. The van der Waals surface area contributed by atoms with Gasteiger partial charge >= 0.3 is 0 Å². The van der Waals surface area contributed by atoms with Gasteiger partial charge in [-0.25, -0.2) is 4.98 Å². The summed E-state index contributed by atoms with van der Waals surface area (Å²) in [7, 11) is 1.65. The molecule has 1 heterocycles. The molecule has 1 atom stereocenters. The molecule has 0 aliphatic heterocycles. The number of nitrogens with one attached hydrogen (secondary N) is 1. The second-order valence-corrected chi connectivity index (χ2v) is 4.63. The fourth-order valence-electron chi connectivity index (χ4n) is 1.73. The molecular formula is C14H24N2O2. The molecule has 18 heavy (non-hydrogen) atoms. The van der Waals surface area contributed by atoms with E-state index in [2.05, 4.69) is 31.1 Å². The second kappa shape index (κ2) is 7.93. The summed E-state index contributed by atoms with van der Waals surface area (Å²) in [5.41, 5.74) is 1.04. The average Bonchev–Trinajstić information content (AvgIpc) is 2.37. The SMILES string of the molecule is CCC(Nc1ccc(OCCOC)nc1)C(C)C. The van der Waals surface area contributed by atoms with Crippen LogP contribution in [0.2, 0.25) is 0 Å². The standard InChI is InChI=1S/C14H24N2O2/c1-5-13(11(2)3)16-12-6-7-14(15-10-12)18-9-8-17-4/h6-7,10-11,13,16H,5,8-9H2,1-4H3. The van der Waals surface area contributed by atoms with Crippen molar-refractivity contribution in [3.8, 4) is 5.88 Å². The van der Waals surface area contributed by atoms with Crippen LogP contribution in [0.4, 0.5) is 5.69 Å². The van der Waals surface area contributed by atoms with E-state index < -0.39 is 0 Å². The van der Waals surface area contributed by atoms with E-state index in [1.807, 2.05) is 18.3 Å². The molecule has 0 saturated carbocycles. The van der Waals surface area contributed by atoms with Crippen LogP contribution in [0.1, 0.15) is 27.2 Å². The van der Waals surface area contributed by atoms with Crippen molar-refractivity contribution in [1.29, 1.82) is 0 Å². The fraction of sp³-hybridized carbons (Fsp3) is 0.643. The number of methoxy groups -OCH3 is 1. The molecule has 1 aromatic rings. The van der Waals surface area contributed by atoms with Crippen molar-refractivity contribution >= 4 is 5.69 Å². The molecule has 4 heteroatoms. The van der Waals surface area contributed by atoms with Crippen LogP contribution in [0.15, 0.2) is 18.3 Å². The molecule has 0 aliphatic rings. The van der Waals surface area contributed by atoms with Gasteiger partial charge in [0, 0.05) is 19.2 Å². The van der Waals surface area contributed by atoms with Crippen LogP contribution < -0.4 is 10.1 Å². The maximum Gasteiger partial charge on any atom is 0.213 e. The van der Waals surface area contributed by atoms with Crippen LogP contribution in [0.5, 0.6) is 5.88 Å². The molecule has 1 unspecified atom stereocenters. The summed E-state index contributed by atoms with van der Waals surface area (Å²) in [6.45, 7) is 7.73. The topological polar surface area (TPSA) is 43.4 Å². The van der Waals surface area contributed by atoms with Crippen molar-refractivity contribution < 1.29 is 9.47 Å². The van der Waals surface area contributed by atoms with Crippen LogP contribution in [-0.2, 0) is 4.74 Å². The van der Waals surface area contributed by atoms with E-state index in [0.717, 1.165) is 12.1 Å². The van der Waals surface area contributed by atoms with Crippen molar-refractivity contribution in [2.45, 2.75) is 33.2 Å². The summed E-state index contributed by atoms with van der Waals surface area (Å²) < 4.78 is 10.3. The predicted octanol–water partition coefficient (Wildman–Crippen LogP) is 2.95. The van der Waals surface area contributed by atoms with Gasteiger partial charge in [0.05, 0.1) is 18.5 Å². The van der Waals surface area contributed by atoms with E-state index in [-0.39, 0.29) is 0 Å². The summed E-state index contributed by atoms with van der Waals surface area (Å²) in [4.78, 5) is 4.26. The maximum atomic E-state index is 5.42. The van der Waals surface area contributed by atoms with Gasteiger partial charge in [0.25, 0.3) is 0 Å². The maximum absolute atomic E-state index is 5.42. The van der Waals surface area contributed by atoms with Gasteiger partial charge in [-0.15, -0.1) is 0 Å². The van der Waals surface area contributed by atoms with Crippen molar-refractivity contribution in [3.05, 3.63) is 18.3 Å². The molecule has 0 aliphatic carbocycles. The molecule has 0 spiro atoms. The Morgan fingerprint density at radius 3 is 2.56 bits per heavy atom. The highest BCUT2D eigenvalue weighted by Crippen LogP contribution is 2.16. The smallest absolute Gasteiger partial charge is 0.213 e. The van der Waals surface area contributed by atoms with Gasteiger partial charge in [-0.05, 0) is 18.4 Å². The lowest BCUT2D eigenvalue weighted by atomic mass is 10.0. The Hall–Kier alpha value is -1.29. The number of ether oxygens (including phenoxy) is 2. The zero-order valence-electron chi connectivity index (χ0n) is 11.8. The highest BCUT2D eigenvalue weighted by atomic mass is 16.5. The van der Waals surface area contributed by atoms with Crippen LogP contribution >= 0.6 is 0 Å². The molecule has 0 amide bonds. The summed E-state index contributed by atoms with van der Waals surface area (Å²) in [6.07, 6.45) is 2.91. The zero-order chi connectivity index (χ0) is 13.4. The minimum absolute atomic E-state index is 0.479. The molecule has 0 radical (unpaired) electrons. The normalized spacial score (nSPS) is 12.5. The van der Waals surface area contributed by atoms with Crippen LogP contribution in [0, 0.1) is 5.92 Å². The lowest BCUT2D eigenvalue weighted by molar-refractivity contribution is 0.144. The molecular weight excluding hydrogens is 228 g/mol. The van der Waals surface area contributed by atoms with E-state index in [0.29, 0.717) is 31.1 Å². The van der Waals surface area contributed by atoms with Crippen LogP contribution in [0.3, 0.4) is 0 Å². The first-order valence-electron chi connectivity index (χ1n) is 6.51. The highest BCUT2D eigenvalue weighted by Gasteiger charge is 2.10. The largest absolute Gasteiger partial charge is 0.475 e. The Morgan fingerprint density at radius 1 is 1.28 bits per heavy atom. The lowest BCUT2D eigenvalue weighted by Gasteiger charge is -2.21. The first-order valence-corrected chi connectivity index (χ1v) is 6.51. The van der Waals surface area contributed by atoms with Gasteiger partial charge in [0.1, 0.15) is 6.61 Å². The number of rotatable bonds is 8. The summed E-state index contributed by atoms with van der Waals surface area (Å²) in [5, 5.41) is 3.48. The van der Waals surface area contributed by atoms with Crippen molar-refractivity contribution in [2.24, 2.45) is 5.92 Å². The van der Waals surface area contributed by atoms with Gasteiger partial charge in [-0.2, -0.15) is 0 Å². The Morgan fingerprint density at radius 2 is 2.06 bits per heavy atom. The number of hydrogen-bond donors (Lipinski definition) is 1. The van der Waals surface area contributed by atoms with E-state index in [1.54, 1.807) is 7.11 Å². The van der Waals surface area contributed by atoms with Gasteiger partial charge in [0.15, 0.2) is 0 Å². The van der Waals surface area contributed by atoms with Gasteiger partial charge in [-0.3, -0.25) is 0 Å². The number of hydrogen-bond acceptors (Lipinski definition) is 4. The van der Waals surface area contributed by atoms with Gasteiger partial charge < -0.3 is 14.8 Å². The van der Waals surface area contributed by atoms with Crippen LogP contribution in [0.25, 0.3) is 0 Å². The zero-order valence-corrected chi connectivity index (χ0v) is 11.8. The molecule has 0 aromatic carbocycles. The number of pyridine rings is 1. The first kappa shape index (κ1) is 14.8. The Labute approximate surface area is 110 Å². The van der Waals surface area contributed by atoms with Gasteiger partial charge in [0.2, 0.25) is 5.88 Å². The van der Waals surface area contributed by atoms with E-state index in [1.165, 1.54) is 0 Å². The molecule has 102 valence electrons. The van der Waals surface area contributed by atoms with Crippen molar-refractivity contribution in [3.63, 3.8) is 0 Å². The monoisotopic (exact) mass is 252 g/mol. The Bertz CT molecular complexity index is 325. The molecule has 4 nitrogen and oxygen atoms in total. The van der Waals surface area contributed by atoms with E-state index in [9.17, 15) is 0 Å². The Balaban J connectivity index is 2.49.